The van der Waals surface area contributed by atoms with Crippen LogP contribution in [-0.2, 0) is 6.54 Å². The van der Waals surface area contributed by atoms with Crippen molar-refractivity contribution in [3.63, 3.8) is 0 Å². The Labute approximate surface area is 107 Å². The Balaban J connectivity index is 1.98. The molecule has 0 saturated carbocycles. The van der Waals surface area contributed by atoms with Gasteiger partial charge in [0.15, 0.2) is 5.76 Å². The molecule has 0 aromatic carbocycles. The second-order valence-electron chi connectivity index (χ2n) is 5.69. The molecule has 100 valence electrons. The molecule has 1 aromatic heterocycles. The molecule has 1 aromatic rings. The summed E-state index contributed by atoms with van der Waals surface area (Å²) in [5.74, 6) is 5.08. The maximum absolute atomic E-state index is 11.5. The number of rotatable bonds is 3. The van der Waals surface area contributed by atoms with Gasteiger partial charge in [-0.25, -0.2) is 5.84 Å². The van der Waals surface area contributed by atoms with Gasteiger partial charge in [-0.2, -0.15) is 0 Å². The first-order valence-electron chi connectivity index (χ1n) is 6.31. The van der Waals surface area contributed by atoms with Crippen LogP contribution >= 0.6 is 0 Å². The Morgan fingerprint density at radius 2 is 2.17 bits per heavy atom. The molecule has 5 nitrogen and oxygen atoms in total. The Kier molecular flexibility index (Phi) is 3.73. The second kappa shape index (κ2) is 5.12. The highest BCUT2D eigenvalue weighted by atomic mass is 16.3. The molecule has 1 fully saturated rings. The Bertz CT molecular complexity index is 416. The summed E-state index contributed by atoms with van der Waals surface area (Å²) >= 11 is 0. The molecule has 1 aliphatic rings. The van der Waals surface area contributed by atoms with Gasteiger partial charge in [0.1, 0.15) is 0 Å². The highest BCUT2D eigenvalue weighted by Crippen LogP contribution is 2.30. The van der Waals surface area contributed by atoms with E-state index in [0.29, 0.717) is 11.2 Å². The molecule has 1 aliphatic heterocycles. The van der Waals surface area contributed by atoms with E-state index in [2.05, 4.69) is 24.2 Å². The molecule has 18 heavy (non-hydrogen) atoms. The van der Waals surface area contributed by atoms with Crippen molar-refractivity contribution >= 4 is 5.91 Å². The first-order valence-corrected chi connectivity index (χ1v) is 6.31. The Morgan fingerprint density at radius 1 is 1.50 bits per heavy atom. The second-order valence-corrected chi connectivity index (χ2v) is 5.69. The van der Waals surface area contributed by atoms with Crippen molar-refractivity contribution in [2.24, 2.45) is 11.3 Å². The lowest BCUT2D eigenvalue weighted by Crippen LogP contribution is -2.37. The van der Waals surface area contributed by atoms with E-state index in [0.717, 1.165) is 25.2 Å². The van der Waals surface area contributed by atoms with E-state index >= 15 is 0 Å². The van der Waals surface area contributed by atoms with Crippen molar-refractivity contribution in [2.45, 2.75) is 33.2 Å². The summed E-state index contributed by atoms with van der Waals surface area (Å²) in [5.41, 5.74) is 3.44. The lowest BCUT2D eigenvalue weighted by molar-refractivity contribution is 0.0918. The topological polar surface area (TPSA) is 71.5 Å². The van der Waals surface area contributed by atoms with Crippen LogP contribution in [0.4, 0.5) is 0 Å². The van der Waals surface area contributed by atoms with Gasteiger partial charge in [-0.05, 0) is 37.4 Å². The number of carbonyl (C=O) groups excluding carboxylic acids is 1. The molecular weight excluding hydrogens is 230 g/mol. The van der Waals surface area contributed by atoms with Crippen molar-refractivity contribution in [3.05, 3.63) is 23.7 Å². The summed E-state index contributed by atoms with van der Waals surface area (Å²) in [7, 11) is 0. The predicted octanol–water partition coefficient (Wildman–Crippen LogP) is 1.51. The van der Waals surface area contributed by atoms with Crippen LogP contribution in [0.2, 0.25) is 0 Å². The number of piperidine rings is 1. The molecule has 0 unspecified atom stereocenters. The maximum atomic E-state index is 11.5. The molecule has 0 bridgehead atoms. The number of hydrogen-bond acceptors (Lipinski definition) is 4. The van der Waals surface area contributed by atoms with Gasteiger partial charge in [0.05, 0.1) is 6.26 Å². The van der Waals surface area contributed by atoms with Crippen LogP contribution in [0.15, 0.2) is 16.7 Å². The zero-order valence-electron chi connectivity index (χ0n) is 11.0. The van der Waals surface area contributed by atoms with E-state index in [-0.39, 0.29) is 5.91 Å². The third-order valence-corrected chi connectivity index (χ3v) is 3.69. The number of nitrogens with one attached hydrogen (secondary N) is 1. The average Bonchev–Trinajstić information content (AvgIpc) is 2.79. The molecule has 0 spiro atoms. The number of nitrogen functional groups attached to an aromatic ring is 1. The standard InChI is InChI=1S/C13H21N3O2/c1-13(2)4-6-16(7-5-13)9-10-3-8-18-11(10)12(17)15-14/h3,8H,4-7,9,14H2,1-2H3,(H,15,17). The predicted molar refractivity (Wildman–Crippen MR) is 68.7 cm³/mol. The summed E-state index contributed by atoms with van der Waals surface area (Å²) in [6, 6.07) is 1.84. The van der Waals surface area contributed by atoms with Crippen LogP contribution in [0.5, 0.6) is 0 Å². The molecule has 1 amide bonds. The normalized spacial score (nSPS) is 19.7. The van der Waals surface area contributed by atoms with Crippen molar-refractivity contribution in [2.75, 3.05) is 13.1 Å². The number of nitrogens with two attached hydrogens (primary N) is 1. The largest absolute Gasteiger partial charge is 0.459 e. The molecule has 0 aliphatic carbocycles. The van der Waals surface area contributed by atoms with Gasteiger partial charge in [0, 0.05) is 12.1 Å². The Morgan fingerprint density at radius 3 is 2.78 bits per heavy atom. The molecule has 3 N–H and O–H groups in total. The zero-order chi connectivity index (χ0) is 13.2. The van der Waals surface area contributed by atoms with Crippen molar-refractivity contribution in [1.82, 2.24) is 10.3 Å². The minimum absolute atomic E-state index is 0.322. The van der Waals surface area contributed by atoms with Gasteiger partial charge in [0.25, 0.3) is 0 Å². The van der Waals surface area contributed by atoms with Gasteiger partial charge >= 0.3 is 5.91 Å². The van der Waals surface area contributed by atoms with Crippen LogP contribution in [0.3, 0.4) is 0 Å². The molecule has 0 radical (unpaired) electrons. The molecule has 1 saturated heterocycles. The van der Waals surface area contributed by atoms with Gasteiger partial charge in [-0.1, -0.05) is 13.8 Å². The number of amides is 1. The third kappa shape index (κ3) is 2.91. The van der Waals surface area contributed by atoms with Crippen LogP contribution in [-0.4, -0.2) is 23.9 Å². The fourth-order valence-electron chi connectivity index (χ4n) is 2.28. The average molecular weight is 251 g/mol. The fourth-order valence-corrected chi connectivity index (χ4v) is 2.28. The number of hydrazine groups is 1. The van der Waals surface area contributed by atoms with Crippen molar-refractivity contribution < 1.29 is 9.21 Å². The molecule has 2 rings (SSSR count). The van der Waals surface area contributed by atoms with Gasteiger partial charge in [-0.15, -0.1) is 0 Å². The number of nitrogens with zero attached hydrogens (tertiary/aromatic N) is 1. The summed E-state index contributed by atoms with van der Waals surface area (Å²) in [5, 5.41) is 0. The van der Waals surface area contributed by atoms with Gasteiger partial charge in [-0.3, -0.25) is 15.1 Å². The SMILES string of the molecule is CC1(C)CCN(Cc2ccoc2C(=O)NN)CC1. The van der Waals surface area contributed by atoms with E-state index in [9.17, 15) is 4.79 Å². The van der Waals surface area contributed by atoms with Gasteiger partial charge < -0.3 is 4.42 Å². The van der Waals surface area contributed by atoms with Crippen LogP contribution in [0, 0.1) is 5.41 Å². The number of likely N-dealkylation sites (tertiary alicyclic amines) is 1. The van der Waals surface area contributed by atoms with E-state index in [1.807, 2.05) is 6.07 Å². The van der Waals surface area contributed by atoms with E-state index in [1.165, 1.54) is 19.1 Å². The number of hydrogen-bond donors (Lipinski definition) is 2. The summed E-state index contributed by atoms with van der Waals surface area (Å²) in [4.78, 5) is 13.8. The zero-order valence-corrected chi connectivity index (χ0v) is 11.0. The highest BCUT2D eigenvalue weighted by Gasteiger charge is 2.26. The van der Waals surface area contributed by atoms with Crippen molar-refractivity contribution in [1.29, 1.82) is 0 Å². The van der Waals surface area contributed by atoms with E-state index in [1.54, 1.807) is 0 Å². The number of carbonyl (C=O) groups is 1. The smallest absolute Gasteiger partial charge is 0.301 e. The van der Waals surface area contributed by atoms with Crippen LogP contribution in [0.1, 0.15) is 42.8 Å². The maximum Gasteiger partial charge on any atom is 0.301 e. The fraction of sp³-hybridized carbons (Fsp3) is 0.615. The molecule has 0 atom stereocenters. The lowest BCUT2D eigenvalue weighted by atomic mass is 9.82. The first-order chi connectivity index (χ1) is 8.52. The molecule has 2 heterocycles. The monoisotopic (exact) mass is 251 g/mol. The number of furan rings is 1. The first kappa shape index (κ1) is 13.1. The third-order valence-electron chi connectivity index (χ3n) is 3.69. The Hall–Kier alpha value is -1.33. The highest BCUT2D eigenvalue weighted by molar-refractivity contribution is 5.92. The summed E-state index contributed by atoms with van der Waals surface area (Å²) in [6.07, 6.45) is 3.90. The molecular formula is C13H21N3O2. The minimum Gasteiger partial charge on any atom is -0.459 e. The van der Waals surface area contributed by atoms with Crippen LogP contribution in [0.25, 0.3) is 0 Å². The van der Waals surface area contributed by atoms with Crippen molar-refractivity contribution in [3.8, 4) is 0 Å². The lowest BCUT2D eigenvalue weighted by Gasteiger charge is -2.36. The van der Waals surface area contributed by atoms with Gasteiger partial charge in [0.2, 0.25) is 0 Å². The van der Waals surface area contributed by atoms with E-state index in [4.69, 9.17) is 10.3 Å². The van der Waals surface area contributed by atoms with Crippen LogP contribution < -0.4 is 11.3 Å². The van der Waals surface area contributed by atoms with E-state index < -0.39 is 0 Å². The molecule has 5 heteroatoms. The summed E-state index contributed by atoms with van der Waals surface area (Å²) < 4.78 is 5.18. The summed E-state index contributed by atoms with van der Waals surface area (Å²) in [6.45, 7) is 7.46. The minimum atomic E-state index is -0.368. The quantitative estimate of drug-likeness (QED) is 0.485.